The van der Waals surface area contributed by atoms with Crippen LogP contribution < -0.4 is 10.6 Å². The maximum absolute atomic E-state index is 15.5. The van der Waals surface area contributed by atoms with E-state index in [0.717, 1.165) is 82.5 Å². The van der Waals surface area contributed by atoms with Gasteiger partial charge < -0.3 is 10.2 Å². The molecule has 55 heavy (non-hydrogen) atoms. The van der Waals surface area contributed by atoms with E-state index in [-0.39, 0.29) is 49.0 Å². The molecule has 3 aromatic carbocycles. The van der Waals surface area contributed by atoms with Gasteiger partial charge >= 0.3 is 0 Å². The van der Waals surface area contributed by atoms with Gasteiger partial charge in [-0.15, -0.1) is 5.10 Å². The number of amides is 3. The second-order valence-corrected chi connectivity index (χ2v) is 14.9. The number of carbonyl (C=O) groups excluding carboxylic acids is 3. The lowest BCUT2D eigenvalue weighted by Gasteiger charge is -2.32. The van der Waals surface area contributed by atoms with Crippen LogP contribution in [0.25, 0.3) is 22.0 Å². The summed E-state index contributed by atoms with van der Waals surface area (Å²) in [6.45, 7) is 8.50. The molecule has 0 saturated carbocycles. The van der Waals surface area contributed by atoms with Crippen molar-refractivity contribution in [2.24, 2.45) is 0 Å². The molecule has 2 atom stereocenters. The number of hydrogen-bond donors (Lipinski definition) is 2. The number of aromatic nitrogens is 3. The molecule has 12 heteroatoms. The van der Waals surface area contributed by atoms with Gasteiger partial charge in [0.2, 0.25) is 11.8 Å². The second-order valence-electron chi connectivity index (χ2n) is 14.9. The van der Waals surface area contributed by atoms with Crippen molar-refractivity contribution in [3.8, 4) is 17.3 Å². The molecule has 0 spiro atoms. The van der Waals surface area contributed by atoms with E-state index in [1.807, 2.05) is 50.4 Å². The van der Waals surface area contributed by atoms with E-state index in [4.69, 9.17) is 4.98 Å². The van der Waals surface area contributed by atoms with Crippen molar-refractivity contribution in [2.45, 2.75) is 77.5 Å². The third-order valence-corrected chi connectivity index (χ3v) is 11.5. The Hall–Kier alpha value is -6.06. The molecule has 2 N–H and O–H groups in total. The summed E-state index contributed by atoms with van der Waals surface area (Å²) >= 11 is 0. The van der Waals surface area contributed by atoms with Crippen molar-refractivity contribution >= 4 is 34.3 Å². The van der Waals surface area contributed by atoms with Crippen LogP contribution in [0.5, 0.6) is 0 Å². The molecule has 2 unspecified atom stereocenters. The summed E-state index contributed by atoms with van der Waals surface area (Å²) in [5.74, 6) is -0.895. The number of hydrogen-bond acceptors (Lipinski definition) is 9. The van der Waals surface area contributed by atoms with Gasteiger partial charge in [-0.05, 0) is 111 Å². The lowest BCUT2D eigenvalue weighted by Crippen LogP contribution is -2.52. The fourth-order valence-electron chi connectivity index (χ4n) is 8.37. The summed E-state index contributed by atoms with van der Waals surface area (Å²) in [6.07, 6.45) is 3.86. The van der Waals surface area contributed by atoms with Crippen LogP contribution in [0.1, 0.15) is 94.0 Å². The molecule has 11 nitrogen and oxygen atoms in total. The quantitative estimate of drug-likeness (QED) is 0.168. The molecule has 0 radical (unpaired) electrons. The maximum Gasteiger partial charge on any atom is 0.255 e. The van der Waals surface area contributed by atoms with Gasteiger partial charge in [0.15, 0.2) is 5.82 Å². The first-order chi connectivity index (χ1) is 26.6. The van der Waals surface area contributed by atoms with Crippen molar-refractivity contribution in [1.29, 1.82) is 5.26 Å². The molecule has 8 rings (SSSR count). The van der Waals surface area contributed by atoms with Gasteiger partial charge in [0.25, 0.3) is 5.91 Å². The predicted octanol–water partition coefficient (Wildman–Crippen LogP) is 6.63. The molecule has 2 saturated heterocycles. The van der Waals surface area contributed by atoms with Crippen LogP contribution in [0.2, 0.25) is 0 Å². The van der Waals surface area contributed by atoms with Gasteiger partial charge in [-0.25, -0.2) is 4.39 Å². The van der Waals surface area contributed by atoms with Gasteiger partial charge in [0.1, 0.15) is 11.9 Å². The van der Waals surface area contributed by atoms with Crippen LogP contribution in [-0.2, 0) is 22.7 Å². The Morgan fingerprint density at radius 2 is 1.80 bits per heavy atom. The van der Waals surface area contributed by atoms with E-state index in [9.17, 15) is 19.6 Å². The fourth-order valence-corrected chi connectivity index (χ4v) is 8.37. The van der Waals surface area contributed by atoms with Crippen LogP contribution in [0.3, 0.4) is 0 Å². The van der Waals surface area contributed by atoms with E-state index in [0.29, 0.717) is 22.5 Å². The Bertz CT molecular complexity index is 2420. The molecule has 0 aliphatic carbocycles. The summed E-state index contributed by atoms with van der Waals surface area (Å²) in [6, 6.07) is 20.8. The monoisotopic (exact) mass is 736 g/mol. The van der Waals surface area contributed by atoms with Crippen molar-refractivity contribution < 1.29 is 18.8 Å². The lowest BCUT2D eigenvalue weighted by molar-refractivity contribution is -0.136. The highest BCUT2D eigenvalue weighted by Crippen LogP contribution is 2.36. The number of piperidine rings is 2. The molecule has 2 fully saturated rings. The summed E-state index contributed by atoms with van der Waals surface area (Å²) in [7, 11) is 0. The Kier molecular flexibility index (Phi) is 9.57. The first-order valence-corrected chi connectivity index (χ1v) is 18.8. The van der Waals surface area contributed by atoms with Crippen molar-refractivity contribution in [1.82, 2.24) is 30.3 Å². The van der Waals surface area contributed by atoms with Crippen molar-refractivity contribution in [2.75, 3.05) is 18.4 Å². The molecule has 0 bridgehead atoms. The SMILES string of the molecule is Cc1c(C#N)cccc1C(C)Nc1nnc(C)c2cnc(-c3cccc(CN4CCC(c5cc6c(cc5F)C(=O)N(C5CCC(=O)NC5=O)C6)CC4)c3)cc12. The zero-order valence-corrected chi connectivity index (χ0v) is 31.0. The van der Waals surface area contributed by atoms with E-state index in [2.05, 4.69) is 63.0 Å². The van der Waals surface area contributed by atoms with E-state index < -0.39 is 11.9 Å². The minimum atomic E-state index is -0.727. The van der Waals surface area contributed by atoms with Crippen molar-refractivity contribution in [3.05, 3.63) is 117 Å². The van der Waals surface area contributed by atoms with E-state index in [1.54, 1.807) is 0 Å². The predicted molar refractivity (Wildman–Crippen MR) is 205 cm³/mol. The number of anilines is 1. The number of aryl methyl sites for hydroxylation is 1. The molecular weight excluding hydrogens is 696 g/mol. The molecule has 3 amide bonds. The second kappa shape index (κ2) is 14.6. The number of benzene rings is 3. The zero-order valence-electron chi connectivity index (χ0n) is 31.0. The largest absolute Gasteiger partial charge is 0.362 e. The number of fused-ring (bicyclic) bond motifs is 2. The smallest absolute Gasteiger partial charge is 0.255 e. The number of halogens is 1. The summed E-state index contributed by atoms with van der Waals surface area (Å²) in [4.78, 5) is 45.9. The van der Waals surface area contributed by atoms with Gasteiger partial charge in [-0.1, -0.05) is 36.4 Å². The number of nitriles is 1. The molecular formula is C43H41FN8O3. The summed E-state index contributed by atoms with van der Waals surface area (Å²) in [5, 5.41) is 26.1. The van der Waals surface area contributed by atoms with Crippen LogP contribution in [0.4, 0.5) is 10.2 Å². The number of pyridine rings is 1. The number of nitrogens with one attached hydrogen (secondary N) is 2. The van der Waals surface area contributed by atoms with E-state index >= 15 is 4.39 Å². The first-order valence-electron chi connectivity index (χ1n) is 18.8. The average molecular weight is 737 g/mol. The lowest BCUT2D eigenvalue weighted by atomic mass is 9.87. The third kappa shape index (κ3) is 6.92. The Labute approximate surface area is 318 Å². The number of imide groups is 1. The number of likely N-dealkylation sites (tertiary alicyclic amines) is 1. The van der Waals surface area contributed by atoms with Gasteiger partial charge in [0, 0.05) is 47.6 Å². The Balaban J connectivity index is 0.946. The van der Waals surface area contributed by atoms with E-state index in [1.165, 1.54) is 11.0 Å². The first kappa shape index (κ1) is 35.9. The molecule has 5 aromatic rings. The zero-order chi connectivity index (χ0) is 38.4. The highest BCUT2D eigenvalue weighted by Gasteiger charge is 2.40. The molecule has 2 aromatic heterocycles. The highest BCUT2D eigenvalue weighted by atomic mass is 19.1. The Morgan fingerprint density at radius 1 is 1.00 bits per heavy atom. The summed E-state index contributed by atoms with van der Waals surface area (Å²) in [5.41, 5.74) is 8.00. The number of rotatable bonds is 8. The molecule has 3 aliphatic rings. The highest BCUT2D eigenvalue weighted by molar-refractivity contribution is 6.05. The molecule has 278 valence electrons. The van der Waals surface area contributed by atoms with Gasteiger partial charge in [-0.3, -0.25) is 29.6 Å². The van der Waals surface area contributed by atoms with Gasteiger partial charge in [0.05, 0.1) is 29.1 Å². The minimum Gasteiger partial charge on any atom is -0.362 e. The normalized spacial score (nSPS) is 18.3. The topological polar surface area (TPSA) is 144 Å². The van der Waals surface area contributed by atoms with Crippen LogP contribution in [0, 0.1) is 31.0 Å². The average Bonchev–Trinajstić information content (AvgIpc) is 3.50. The fraction of sp³-hybridized carbons (Fsp3) is 0.326. The Morgan fingerprint density at radius 3 is 2.58 bits per heavy atom. The molecule has 3 aliphatic heterocycles. The van der Waals surface area contributed by atoms with Crippen LogP contribution >= 0.6 is 0 Å². The summed E-state index contributed by atoms with van der Waals surface area (Å²) < 4.78 is 15.5. The number of nitrogens with zero attached hydrogens (tertiary/aromatic N) is 6. The third-order valence-electron chi connectivity index (χ3n) is 11.5. The van der Waals surface area contributed by atoms with Crippen LogP contribution in [0.15, 0.2) is 66.9 Å². The van der Waals surface area contributed by atoms with Gasteiger partial charge in [-0.2, -0.15) is 10.4 Å². The van der Waals surface area contributed by atoms with Crippen LogP contribution in [-0.4, -0.2) is 61.8 Å². The minimum absolute atomic E-state index is 0.0192. The standard InChI is InChI=1S/C43H41FN8O3/c1-24-30(20-45)8-5-9-32(24)25(2)47-41-35-19-38(46-21-36(35)26(3)49-50-41)29-7-4-6-27(16-29)22-51-14-12-28(13-15-51)33-17-31-23-52(43(55)34(31)18-37(33)44)39-10-11-40(53)48-42(39)54/h4-9,16-19,21,25,28,39H,10-15,22-23H2,1-3H3,(H,47,50)(H,48,53,54). The molecule has 5 heterocycles. The maximum atomic E-state index is 15.5. The number of carbonyl (C=O) groups is 3. The van der Waals surface area contributed by atoms with Crippen molar-refractivity contribution in [3.63, 3.8) is 0 Å².